The molecule has 0 amide bonds. The summed E-state index contributed by atoms with van der Waals surface area (Å²) in [6.45, 7) is 3.19. The lowest BCUT2D eigenvalue weighted by Crippen LogP contribution is -2.01. The van der Waals surface area contributed by atoms with Gasteiger partial charge in [0.2, 0.25) is 0 Å². The standard InChI is InChI=1S/C20H18O2/c1-13(21)19-9-15-3-5-17-8-18(6-4-16(7-15)10-19)12-20(11-17)14(2)22/h3,5,7-12H,4,6H2,1-2H3/b5-3-. The third-order valence-electron chi connectivity index (χ3n) is 4.01. The Labute approximate surface area is 130 Å². The quantitative estimate of drug-likeness (QED) is 0.770. The average Bonchev–Trinajstić information content (AvgIpc) is 2.50. The van der Waals surface area contributed by atoms with E-state index < -0.39 is 0 Å². The first-order chi connectivity index (χ1) is 10.5. The zero-order valence-corrected chi connectivity index (χ0v) is 12.8. The number of hydrogen-bond donors (Lipinski definition) is 0. The maximum atomic E-state index is 11.7. The highest BCUT2D eigenvalue weighted by atomic mass is 16.1. The molecule has 0 aliphatic heterocycles. The Morgan fingerprint density at radius 1 is 0.682 bits per heavy atom. The van der Waals surface area contributed by atoms with Crippen molar-refractivity contribution in [1.29, 1.82) is 0 Å². The van der Waals surface area contributed by atoms with E-state index >= 15 is 0 Å². The minimum absolute atomic E-state index is 0.0888. The highest BCUT2D eigenvalue weighted by Crippen LogP contribution is 2.21. The average molecular weight is 290 g/mol. The molecule has 0 heterocycles. The normalized spacial score (nSPS) is 14.3. The van der Waals surface area contributed by atoms with Gasteiger partial charge in [0.25, 0.3) is 0 Å². The molecule has 0 unspecified atom stereocenters. The van der Waals surface area contributed by atoms with Crippen molar-refractivity contribution in [2.45, 2.75) is 26.7 Å². The molecule has 0 atom stereocenters. The Kier molecular flexibility index (Phi) is 3.76. The molecule has 1 aliphatic rings. The second-order valence-electron chi connectivity index (χ2n) is 5.87. The van der Waals surface area contributed by atoms with Crippen LogP contribution in [-0.2, 0) is 12.8 Å². The number of carbonyl (C=O) groups excluding carboxylic acids is 2. The van der Waals surface area contributed by atoms with E-state index in [1.54, 1.807) is 13.8 Å². The highest BCUT2D eigenvalue weighted by Gasteiger charge is 2.08. The van der Waals surface area contributed by atoms with Gasteiger partial charge in [-0.05, 0) is 73.2 Å². The Hall–Kier alpha value is -2.48. The number of ketones is 2. The number of aryl methyl sites for hydroxylation is 2. The number of carbonyl (C=O) groups is 2. The molecule has 0 aromatic heterocycles. The van der Waals surface area contributed by atoms with E-state index in [1.165, 1.54) is 0 Å². The minimum atomic E-state index is 0.0888. The Balaban J connectivity index is 2.10. The number of rotatable bonds is 2. The lowest BCUT2D eigenvalue weighted by Gasteiger charge is -2.11. The molecule has 2 heteroatoms. The van der Waals surface area contributed by atoms with E-state index in [1.807, 2.05) is 36.4 Å². The number of fused-ring (bicyclic) bond motifs is 4. The van der Waals surface area contributed by atoms with E-state index in [0.717, 1.165) is 46.2 Å². The number of benzene rings is 2. The fourth-order valence-electron chi connectivity index (χ4n) is 2.81. The van der Waals surface area contributed by atoms with Gasteiger partial charge in [0.05, 0.1) is 0 Å². The summed E-state index contributed by atoms with van der Waals surface area (Å²) in [5.74, 6) is 0.178. The zero-order valence-electron chi connectivity index (χ0n) is 12.8. The van der Waals surface area contributed by atoms with Crippen LogP contribution in [0.2, 0.25) is 0 Å². The van der Waals surface area contributed by atoms with E-state index in [2.05, 4.69) is 12.1 Å². The molecule has 3 rings (SSSR count). The van der Waals surface area contributed by atoms with Gasteiger partial charge in [-0.2, -0.15) is 0 Å². The van der Waals surface area contributed by atoms with Crippen LogP contribution in [-0.4, -0.2) is 11.6 Å². The molecule has 4 bridgehead atoms. The molecular weight excluding hydrogens is 272 g/mol. The van der Waals surface area contributed by atoms with Crippen molar-refractivity contribution in [3.63, 3.8) is 0 Å². The molecule has 2 aromatic carbocycles. The van der Waals surface area contributed by atoms with Crippen LogP contribution < -0.4 is 0 Å². The Morgan fingerprint density at radius 3 is 1.45 bits per heavy atom. The maximum Gasteiger partial charge on any atom is 0.159 e. The van der Waals surface area contributed by atoms with Crippen LogP contribution in [0.5, 0.6) is 0 Å². The van der Waals surface area contributed by atoms with Crippen LogP contribution in [0.25, 0.3) is 12.2 Å². The first kappa shape index (κ1) is 14.5. The monoisotopic (exact) mass is 290 g/mol. The summed E-state index contributed by atoms with van der Waals surface area (Å²) in [4.78, 5) is 23.3. The van der Waals surface area contributed by atoms with Crippen LogP contribution >= 0.6 is 0 Å². The lowest BCUT2D eigenvalue weighted by atomic mass is 9.94. The molecule has 110 valence electrons. The zero-order chi connectivity index (χ0) is 15.7. The largest absolute Gasteiger partial charge is 0.295 e. The number of hydrogen-bond acceptors (Lipinski definition) is 2. The van der Waals surface area contributed by atoms with E-state index in [9.17, 15) is 9.59 Å². The molecule has 1 aliphatic carbocycles. The van der Waals surface area contributed by atoms with Crippen molar-refractivity contribution in [3.05, 3.63) is 69.8 Å². The van der Waals surface area contributed by atoms with Crippen molar-refractivity contribution in [1.82, 2.24) is 0 Å². The summed E-state index contributed by atoms with van der Waals surface area (Å²) >= 11 is 0. The van der Waals surface area contributed by atoms with Crippen LogP contribution in [0.15, 0.2) is 36.4 Å². The van der Waals surface area contributed by atoms with Gasteiger partial charge in [0.15, 0.2) is 11.6 Å². The van der Waals surface area contributed by atoms with Gasteiger partial charge in [0, 0.05) is 11.1 Å². The predicted octanol–water partition coefficient (Wildman–Crippen LogP) is 4.36. The molecule has 0 fully saturated rings. The Bertz CT molecular complexity index is 730. The van der Waals surface area contributed by atoms with Gasteiger partial charge in [0.1, 0.15) is 0 Å². The number of Topliss-reactive ketones (excluding diaryl/α,β-unsaturated/α-hetero) is 2. The molecule has 22 heavy (non-hydrogen) atoms. The fraction of sp³-hybridized carbons (Fsp3) is 0.200. The fourth-order valence-corrected chi connectivity index (χ4v) is 2.81. The third kappa shape index (κ3) is 3.06. The van der Waals surface area contributed by atoms with Gasteiger partial charge < -0.3 is 0 Å². The summed E-state index contributed by atoms with van der Waals surface area (Å²) in [6, 6.07) is 12.0. The van der Waals surface area contributed by atoms with Crippen molar-refractivity contribution in [2.75, 3.05) is 0 Å². The molecular formula is C20H18O2. The van der Waals surface area contributed by atoms with Crippen LogP contribution in [0, 0.1) is 0 Å². The van der Waals surface area contributed by atoms with Crippen molar-refractivity contribution < 1.29 is 9.59 Å². The van der Waals surface area contributed by atoms with Crippen molar-refractivity contribution in [3.8, 4) is 0 Å². The van der Waals surface area contributed by atoms with Crippen LogP contribution in [0.1, 0.15) is 56.8 Å². The second kappa shape index (κ2) is 5.72. The van der Waals surface area contributed by atoms with Gasteiger partial charge in [-0.3, -0.25) is 9.59 Å². The molecule has 0 saturated heterocycles. The van der Waals surface area contributed by atoms with Crippen LogP contribution in [0.4, 0.5) is 0 Å². The van der Waals surface area contributed by atoms with Gasteiger partial charge >= 0.3 is 0 Å². The minimum Gasteiger partial charge on any atom is -0.295 e. The second-order valence-corrected chi connectivity index (χ2v) is 5.87. The van der Waals surface area contributed by atoms with Gasteiger partial charge in [-0.25, -0.2) is 0 Å². The maximum absolute atomic E-state index is 11.7. The summed E-state index contributed by atoms with van der Waals surface area (Å²) in [6.07, 6.45) is 5.74. The Morgan fingerprint density at radius 2 is 1.09 bits per heavy atom. The first-order valence-electron chi connectivity index (χ1n) is 7.49. The molecule has 0 radical (unpaired) electrons. The summed E-state index contributed by atoms with van der Waals surface area (Å²) < 4.78 is 0. The van der Waals surface area contributed by atoms with Crippen molar-refractivity contribution in [2.24, 2.45) is 0 Å². The molecule has 0 saturated carbocycles. The third-order valence-corrected chi connectivity index (χ3v) is 4.01. The van der Waals surface area contributed by atoms with Gasteiger partial charge in [-0.15, -0.1) is 0 Å². The van der Waals surface area contributed by atoms with E-state index in [0.29, 0.717) is 0 Å². The van der Waals surface area contributed by atoms with Crippen LogP contribution in [0.3, 0.4) is 0 Å². The first-order valence-corrected chi connectivity index (χ1v) is 7.49. The predicted molar refractivity (Wildman–Crippen MR) is 89.2 cm³/mol. The molecule has 2 aromatic rings. The lowest BCUT2D eigenvalue weighted by molar-refractivity contribution is 0.100. The van der Waals surface area contributed by atoms with Crippen molar-refractivity contribution >= 4 is 23.7 Å². The van der Waals surface area contributed by atoms with E-state index in [-0.39, 0.29) is 11.6 Å². The summed E-state index contributed by atoms with van der Waals surface area (Å²) in [5, 5.41) is 0. The topological polar surface area (TPSA) is 34.1 Å². The van der Waals surface area contributed by atoms with E-state index in [4.69, 9.17) is 0 Å². The SMILES string of the molecule is CC(=O)c1cc2cc(c1)CCc1cc(cc(C(C)=O)c1)/C=C\2. The molecule has 2 nitrogen and oxygen atoms in total. The molecule has 0 N–H and O–H groups in total. The molecule has 0 spiro atoms. The summed E-state index contributed by atoms with van der Waals surface area (Å²) in [7, 11) is 0. The highest BCUT2D eigenvalue weighted by molar-refractivity contribution is 5.96. The van der Waals surface area contributed by atoms with Gasteiger partial charge in [-0.1, -0.05) is 24.3 Å². The smallest absolute Gasteiger partial charge is 0.159 e. The summed E-state index contributed by atoms with van der Waals surface area (Å²) in [5.41, 5.74) is 5.88.